The molecule has 0 saturated carbocycles. The van der Waals surface area contributed by atoms with Crippen molar-refractivity contribution >= 4 is 12.2 Å². The molecule has 0 spiro atoms. The van der Waals surface area contributed by atoms with E-state index < -0.39 is 5.91 Å². The van der Waals surface area contributed by atoms with E-state index >= 15 is 0 Å². The van der Waals surface area contributed by atoms with Crippen LogP contribution in [0, 0.1) is 6.92 Å². The summed E-state index contributed by atoms with van der Waals surface area (Å²) in [5.41, 5.74) is 6.94. The molecule has 19 heavy (non-hydrogen) atoms. The average Bonchev–Trinajstić information content (AvgIpc) is 2.41. The predicted octanol–water partition coefficient (Wildman–Crippen LogP) is 2.70. The first-order valence-corrected chi connectivity index (χ1v) is 5.74. The maximum absolute atomic E-state index is 11.3. The Hall–Kier alpha value is -2.62. The van der Waals surface area contributed by atoms with E-state index in [0.29, 0.717) is 17.1 Å². The number of amides is 1. The maximum atomic E-state index is 11.3. The van der Waals surface area contributed by atoms with Gasteiger partial charge >= 0.3 is 0 Å². The summed E-state index contributed by atoms with van der Waals surface area (Å²) in [5, 5.41) is 0. The second-order valence-electron chi connectivity index (χ2n) is 4.12. The summed E-state index contributed by atoms with van der Waals surface area (Å²) in [6.07, 6.45) is 0.717. The van der Waals surface area contributed by atoms with Crippen LogP contribution in [0.4, 0.5) is 0 Å². The van der Waals surface area contributed by atoms with Crippen molar-refractivity contribution in [3.63, 3.8) is 0 Å². The zero-order valence-corrected chi connectivity index (χ0v) is 10.4. The molecule has 2 N–H and O–H groups in total. The van der Waals surface area contributed by atoms with Gasteiger partial charge in [-0.2, -0.15) is 0 Å². The number of rotatable bonds is 4. The Morgan fingerprint density at radius 1 is 1.16 bits per heavy atom. The quantitative estimate of drug-likeness (QED) is 0.854. The molecule has 0 fully saturated rings. The van der Waals surface area contributed by atoms with Crippen LogP contribution >= 0.6 is 0 Å². The molecule has 0 aliphatic carbocycles. The Morgan fingerprint density at radius 3 is 2.58 bits per heavy atom. The van der Waals surface area contributed by atoms with Gasteiger partial charge in [0.25, 0.3) is 5.91 Å². The summed E-state index contributed by atoms with van der Waals surface area (Å²) in [6, 6.07) is 11.9. The number of carbonyl (C=O) groups excluding carboxylic acids is 2. The highest BCUT2D eigenvalue weighted by atomic mass is 16.5. The molecule has 0 aromatic heterocycles. The van der Waals surface area contributed by atoms with Crippen molar-refractivity contribution < 1.29 is 14.3 Å². The standard InChI is InChI=1S/C15H13NO3/c1-10-6-7-13(11(8-10)9-17)19-14-5-3-2-4-12(14)15(16)18/h2-9H,1H3,(H2,16,18). The fraction of sp³-hybridized carbons (Fsp3) is 0.0667. The van der Waals surface area contributed by atoms with Crippen molar-refractivity contribution in [3.8, 4) is 11.5 Å². The molecule has 0 aliphatic heterocycles. The Labute approximate surface area is 110 Å². The van der Waals surface area contributed by atoms with Crippen molar-refractivity contribution in [2.75, 3.05) is 0 Å². The van der Waals surface area contributed by atoms with Crippen LogP contribution in [0.15, 0.2) is 42.5 Å². The van der Waals surface area contributed by atoms with Crippen molar-refractivity contribution in [2.45, 2.75) is 6.92 Å². The normalized spacial score (nSPS) is 9.95. The molecule has 0 saturated heterocycles. The van der Waals surface area contributed by atoms with E-state index in [9.17, 15) is 9.59 Å². The second kappa shape index (κ2) is 5.35. The third-order valence-corrected chi connectivity index (χ3v) is 2.66. The minimum absolute atomic E-state index is 0.278. The predicted molar refractivity (Wildman–Crippen MR) is 71.6 cm³/mol. The summed E-state index contributed by atoms with van der Waals surface area (Å²) in [5.74, 6) is 0.159. The van der Waals surface area contributed by atoms with E-state index in [0.717, 1.165) is 11.8 Å². The molecule has 0 aliphatic rings. The number of nitrogens with two attached hydrogens (primary N) is 1. The molecule has 0 unspecified atom stereocenters. The third-order valence-electron chi connectivity index (χ3n) is 2.66. The van der Waals surface area contributed by atoms with Gasteiger partial charge in [0.05, 0.1) is 11.1 Å². The first-order chi connectivity index (χ1) is 9.11. The minimum atomic E-state index is -0.574. The highest BCUT2D eigenvalue weighted by Crippen LogP contribution is 2.27. The van der Waals surface area contributed by atoms with Crippen LogP contribution in [0.25, 0.3) is 0 Å². The Balaban J connectivity index is 2.42. The molecule has 0 heterocycles. The highest BCUT2D eigenvalue weighted by molar-refractivity contribution is 5.95. The van der Waals surface area contributed by atoms with Crippen molar-refractivity contribution in [3.05, 3.63) is 59.2 Å². The van der Waals surface area contributed by atoms with Gasteiger partial charge in [0.2, 0.25) is 0 Å². The van der Waals surface area contributed by atoms with Crippen LogP contribution in [0.2, 0.25) is 0 Å². The minimum Gasteiger partial charge on any atom is -0.456 e. The lowest BCUT2D eigenvalue weighted by Crippen LogP contribution is -2.12. The number of hydrogen-bond donors (Lipinski definition) is 1. The maximum Gasteiger partial charge on any atom is 0.252 e. The van der Waals surface area contributed by atoms with E-state index in [4.69, 9.17) is 10.5 Å². The van der Waals surface area contributed by atoms with Gasteiger partial charge in [-0.3, -0.25) is 9.59 Å². The van der Waals surface area contributed by atoms with Crippen LogP contribution in [-0.4, -0.2) is 12.2 Å². The number of hydrogen-bond acceptors (Lipinski definition) is 3. The van der Waals surface area contributed by atoms with Crippen molar-refractivity contribution in [1.29, 1.82) is 0 Å². The number of aldehydes is 1. The molecular weight excluding hydrogens is 242 g/mol. The first kappa shape index (κ1) is 12.8. The molecule has 0 bridgehead atoms. The first-order valence-electron chi connectivity index (χ1n) is 5.74. The van der Waals surface area contributed by atoms with Gasteiger partial charge in [-0.1, -0.05) is 23.8 Å². The lowest BCUT2D eigenvalue weighted by atomic mass is 10.1. The number of benzene rings is 2. The molecule has 1 amide bonds. The zero-order chi connectivity index (χ0) is 13.8. The molecule has 4 nitrogen and oxygen atoms in total. The average molecular weight is 255 g/mol. The van der Waals surface area contributed by atoms with E-state index in [1.165, 1.54) is 0 Å². The molecule has 0 atom stereocenters. The molecule has 2 rings (SSSR count). The van der Waals surface area contributed by atoms with Gasteiger partial charge in [-0.05, 0) is 31.2 Å². The molecule has 2 aromatic carbocycles. The van der Waals surface area contributed by atoms with Gasteiger partial charge in [0.1, 0.15) is 11.5 Å². The van der Waals surface area contributed by atoms with E-state index in [1.807, 2.05) is 13.0 Å². The Morgan fingerprint density at radius 2 is 1.89 bits per heavy atom. The Bertz CT molecular complexity index is 635. The fourth-order valence-corrected chi connectivity index (χ4v) is 1.73. The summed E-state index contributed by atoms with van der Waals surface area (Å²) in [6.45, 7) is 1.88. The number of aryl methyl sites for hydroxylation is 1. The summed E-state index contributed by atoms with van der Waals surface area (Å²) >= 11 is 0. The van der Waals surface area contributed by atoms with Crippen molar-refractivity contribution in [2.24, 2.45) is 5.73 Å². The number of para-hydroxylation sites is 1. The van der Waals surface area contributed by atoms with Gasteiger partial charge in [-0.15, -0.1) is 0 Å². The van der Waals surface area contributed by atoms with E-state index in [-0.39, 0.29) is 5.56 Å². The molecule has 4 heteroatoms. The SMILES string of the molecule is Cc1ccc(Oc2ccccc2C(N)=O)c(C=O)c1. The third kappa shape index (κ3) is 2.80. The van der Waals surface area contributed by atoms with Gasteiger partial charge in [0, 0.05) is 0 Å². The van der Waals surface area contributed by atoms with E-state index in [1.54, 1.807) is 36.4 Å². The summed E-state index contributed by atoms with van der Waals surface area (Å²) in [7, 11) is 0. The highest BCUT2D eigenvalue weighted by Gasteiger charge is 2.11. The monoisotopic (exact) mass is 255 g/mol. The summed E-state index contributed by atoms with van der Waals surface area (Å²) < 4.78 is 5.62. The van der Waals surface area contributed by atoms with Gasteiger partial charge < -0.3 is 10.5 Å². The molecular formula is C15H13NO3. The van der Waals surface area contributed by atoms with Gasteiger partial charge in [0.15, 0.2) is 6.29 Å². The smallest absolute Gasteiger partial charge is 0.252 e. The van der Waals surface area contributed by atoms with Crippen LogP contribution in [0.5, 0.6) is 11.5 Å². The number of carbonyl (C=O) groups is 2. The Kier molecular flexibility index (Phi) is 3.61. The number of primary amides is 1. The molecule has 96 valence electrons. The lowest BCUT2D eigenvalue weighted by molar-refractivity contribution is 0.0998. The topological polar surface area (TPSA) is 69.4 Å². The zero-order valence-electron chi connectivity index (χ0n) is 10.4. The van der Waals surface area contributed by atoms with Crippen LogP contribution < -0.4 is 10.5 Å². The lowest BCUT2D eigenvalue weighted by Gasteiger charge is -2.11. The largest absolute Gasteiger partial charge is 0.456 e. The molecule has 2 aromatic rings. The summed E-state index contributed by atoms with van der Waals surface area (Å²) in [4.78, 5) is 22.3. The molecule has 0 radical (unpaired) electrons. The van der Waals surface area contributed by atoms with Gasteiger partial charge in [-0.25, -0.2) is 0 Å². The van der Waals surface area contributed by atoms with E-state index in [2.05, 4.69) is 0 Å². The fourth-order valence-electron chi connectivity index (χ4n) is 1.73. The second-order valence-corrected chi connectivity index (χ2v) is 4.12. The van der Waals surface area contributed by atoms with Crippen LogP contribution in [0.3, 0.4) is 0 Å². The van der Waals surface area contributed by atoms with Crippen molar-refractivity contribution in [1.82, 2.24) is 0 Å². The van der Waals surface area contributed by atoms with Crippen LogP contribution in [-0.2, 0) is 0 Å². The number of ether oxygens (including phenoxy) is 1. The van der Waals surface area contributed by atoms with Crippen LogP contribution in [0.1, 0.15) is 26.3 Å².